The second-order valence-electron chi connectivity index (χ2n) is 3.53. The van der Waals surface area contributed by atoms with Crippen molar-refractivity contribution in [2.24, 2.45) is 12.8 Å². The lowest BCUT2D eigenvalue weighted by Gasteiger charge is -2.08. The van der Waals surface area contributed by atoms with Crippen molar-refractivity contribution in [3.63, 3.8) is 0 Å². The van der Waals surface area contributed by atoms with Crippen LogP contribution < -0.4 is 10.5 Å². The van der Waals surface area contributed by atoms with Gasteiger partial charge in [0.15, 0.2) is 5.82 Å². The lowest BCUT2D eigenvalue weighted by atomic mass is 10.1. The van der Waals surface area contributed by atoms with E-state index in [2.05, 4.69) is 10.1 Å². The molecule has 0 amide bonds. The largest absolute Gasteiger partial charge is 0.497 e. The second-order valence-corrected chi connectivity index (χ2v) is 3.53. The molecule has 0 aliphatic rings. The van der Waals surface area contributed by atoms with E-state index in [1.807, 2.05) is 31.3 Å². The van der Waals surface area contributed by atoms with E-state index in [4.69, 9.17) is 10.5 Å². The molecular weight excluding hydrogens is 204 g/mol. The lowest BCUT2D eigenvalue weighted by molar-refractivity contribution is 0.414. The van der Waals surface area contributed by atoms with E-state index in [1.165, 1.54) is 0 Å². The second kappa shape index (κ2) is 4.32. The van der Waals surface area contributed by atoms with E-state index in [9.17, 15) is 0 Å². The summed E-state index contributed by atoms with van der Waals surface area (Å²) in [7, 11) is 3.45. The van der Waals surface area contributed by atoms with Crippen LogP contribution in [-0.4, -0.2) is 21.9 Å². The molecule has 1 atom stereocenters. The topological polar surface area (TPSA) is 66.0 Å². The number of rotatable bonds is 3. The zero-order valence-electron chi connectivity index (χ0n) is 9.29. The standard InChI is InChI=1S/C11H14N4O/c1-15-7-13-11(14-15)10(12)8-3-5-9(16-2)6-4-8/h3-7,10H,12H2,1-2H3/t10-/m0/s1. The quantitative estimate of drug-likeness (QED) is 0.830. The summed E-state index contributed by atoms with van der Waals surface area (Å²) in [6.45, 7) is 0. The predicted molar refractivity (Wildman–Crippen MR) is 60.0 cm³/mol. The minimum atomic E-state index is -0.299. The van der Waals surface area contributed by atoms with Crippen LogP contribution in [0.4, 0.5) is 0 Å². The number of nitrogens with zero attached hydrogens (tertiary/aromatic N) is 3. The van der Waals surface area contributed by atoms with Crippen LogP contribution in [0.3, 0.4) is 0 Å². The Morgan fingerprint density at radius 1 is 1.31 bits per heavy atom. The maximum Gasteiger partial charge on any atom is 0.171 e. The molecule has 0 aliphatic carbocycles. The van der Waals surface area contributed by atoms with Gasteiger partial charge in [-0.05, 0) is 17.7 Å². The van der Waals surface area contributed by atoms with Gasteiger partial charge < -0.3 is 10.5 Å². The number of ether oxygens (including phenoxy) is 1. The van der Waals surface area contributed by atoms with Crippen molar-refractivity contribution in [3.8, 4) is 5.75 Å². The lowest BCUT2D eigenvalue weighted by Crippen LogP contribution is -2.14. The molecule has 0 unspecified atom stereocenters. The molecule has 1 aromatic carbocycles. The van der Waals surface area contributed by atoms with E-state index >= 15 is 0 Å². The number of aryl methyl sites for hydroxylation is 1. The third-order valence-corrected chi connectivity index (χ3v) is 2.37. The number of methoxy groups -OCH3 is 1. The van der Waals surface area contributed by atoms with Gasteiger partial charge in [-0.1, -0.05) is 12.1 Å². The highest BCUT2D eigenvalue weighted by atomic mass is 16.5. The minimum absolute atomic E-state index is 0.299. The molecule has 5 nitrogen and oxygen atoms in total. The summed E-state index contributed by atoms with van der Waals surface area (Å²) in [5.74, 6) is 1.43. The average molecular weight is 218 g/mol. The molecule has 0 spiro atoms. The molecule has 1 aromatic heterocycles. The molecule has 2 rings (SSSR count). The van der Waals surface area contributed by atoms with Crippen LogP contribution in [0.5, 0.6) is 5.75 Å². The van der Waals surface area contributed by atoms with Gasteiger partial charge in [0, 0.05) is 7.05 Å². The van der Waals surface area contributed by atoms with Crippen LogP contribution >= 0.6 is 0 Å². The Balaban J connectivity index is 2.23. The van der Waals surface area contributed by atoms with Crippen molar-refractivity contribution in [1.29, 1.82) is 0 Å². The fourth-order valence-corrected chi connectivity index (χ4v) is 1.46. The molecule has 0 fully saturated rings. The average Bonchev–Trinajstić information content (AvgIpc) is 2.75. The molecule has 0 bridgehead atoms. The summed E-state index contributed by atoms with van der Waals surface area (Å²) in [5, 5.41) is 4.18. The molecule has 16 heavy (non-hydrogen) atoms. The fourth-order valence-electron chi connectivity index (χ4n) is 1.46. The molecule has 1 heterocycles. The van der Waals surface area contributed by atoms with Crippen molar-refractivity contribution in [3.05, 3.63) is 42.0 Å². The highest BCUT2D eigenvalue weighted by Crippen LogP contribution is 2.19. The van der Waals surface area contributed by atoms with Gasteiger partial charge in [0.1, 0.15) is 12.1 Å². The Kier molecular flexibility index (Phi) is 2.87. The van der Waals surface area contributed by atoms with Gasteiger partial charge in [-0.15, -0.1) is 0 Å². The SMILES string of the molecule is COc1ccc([C@H](N)c2ncn(C)n2)cc1. The van der Waals surface area contributed by atoms with Gasteiger partial charge in [-0.2, -0.15) is 5.10 Å². The van der Waals surface area contributed by atoms with Gasteiger partial charge in [0.25, 0.3) is 0 Å². The van der Waals surface area contributed by atoms with Crippen molar-refractivity contribution in [2.45, 2.75) is 6.04 Å². The summed E-state index contributed by atoms with van der Waals surface area (Å²) in [5.41, 5.74) is 7.01. The van der Waals surface area contributed by atoms with Gasteiger partial charge in [0.2, 0.25) is 0 Å². The van der Waals surface area contributed by atoms with Crippen LogP contribution in [0.15, 0.2) is 30.6 Å². The van der Waals surface area contributed by atoms with Gasteiger partial charge >= 0.3 is 0 Å². The highest BCUT2D eigenvalue weighted by Gasteiger charge is 2.12. The zero-order valence-corrected chi connectivity index (χ0v) is 9.29. The number of hydrogen-bond acceptors (Lipinski definition) is 4. The van der Waals surface area contributed by atoms with E-state index in [1.54, 1.807) is 18.1 Å². The third-order valence-electron chi connectivity index (χ3n) is 2.37. The Morgan fingerprint density at radius 3 is 2.50 bits per heavy atom. The molecule has 2 aromatic rings. The molecule has 2 N–H and O–H groups in total. The molecular formula is C11H14N4O. The monoisotopic (exact) mass is 218 g/mol. The predicted octanol–water partition coefficient (Wildman–Crippen LogP) is 0.872. The van der Waals surface area contributed by atoms with Crippen LogP contribution in [0, 0.1) is 0 Å². The van der Waals surface area contributed by atoms with E-state index < -0.39 is 0 Å². The first kappa shape index (κ1) is 10.6. The fraction of sp³-hybridized carbons (Fsp3) is 0.273. The highest BCUT2D eigenvalue weighted by molar-refractivity contribution is 5.31. The third kappa shape index (κ3) is 2.04. The Morgan fingerprint density at radius 2 is 2.00 bits per heavy atom. The molecule has 5 heteroatoms. The zero-order chi connectivity index (χ0) is 11.5. The van der Waals surface area contributed by atoms with Crippen molar-refractivity contribution < 1.29 is 4.74 Å². The maximum atomic E-state index is 6.04. The van der Waals surface area contributed by atoms with Crippen LogP contribution in [0.2, 0.25) is 0 Å². The van der Waals surface area contributed by atoms with Crippen LogP contribution in [0.25, 0.3) is 0 Å². The maximum absolute atomic E-state index is 6.04. The minimum Gasteiger partial charge on any atom is -0.497 e. The van der Waals surface area contributed by atoms with E-state index in [-0.39, 0.29) is 6.04 Å². The molecule has 0 saturated carbocycles. The van der Waals surface area contributed by atoms with E-state index in [0.29, 0.717) is 5.82 Å². The first-order valence-corrected chi connectivity index (χ1v) is 4.96. The summed E-state index contributed by atoms with van der Waals surface area (Å²) >= 11 is 0. The smallest absolute Gasteiger partial charge is 0.171 e. The van der Waals surface area contributed by atoms with Crippen molar-refractivity contribution in [2.75, 3.05) is 7.11 Å². The van der Waals surface area contributed by atoms with Crippen molar-refractivity contribution >= 4 is 0 Å². The normalized spacial score (nSPS) is 12.4. The van der Waals surface area contributed by atoms with Gasteiger partial charge in [-0.3, -0.25) is 4.68 Å². The number of nitrogens with two attached hydrogens (primary N) is 1. The number of benzene rings is 1. The van der Waals surface area contributed by atoms with Gasteiger partial charge in [-0.25, -0.2) is 4.98 Å². The molecule has 0 radical (unpaired) electrons. The van der Waals surface area contributed by atoms with E-state index in [0.717, 1.165) is 11.3 Å². The summed E-state index contributed by atoms with van der Waals surface area (Å²) in [6, 6.07) is 7.28. The van der Waals surface area contributed by atoms with Crippen molar-refractivity contribution in [1.82, 2.24) is 14.8 Å². The molecule has 0 aliphatic heterocycles. The summed E-state index contributed by atoms with van der Waals surface area (Å²) in [4.78, 5) is 4.13. The summed E-state index contributed by atoms with van der Waals surface area (Å²) in [6.07, 6.45) is 1.64. The van der Waals surface area contributed by atoms with Crippen LogP contribution in [0.1, 0.15) is 17.4 Å². The number of hydrogen-bond donors (Lipinski definition) is 1. The molecule has 0 saturated heterocycles. The first-order chi connectivity index (χ1) is 7.70. The number of aromatic nitrogens is 3. The van der Waals surface area contributed by atoms with Crippen LogP contribution in [-0.2, 0) is 7.05 Å². The Hall–Kier alpha value is -1.88. The Bertz CT molecular complexity index is 463. The van der Waals surface area contributed by atoms with Gasteiger partial charge in [0.05, 0.1) is 13.2 Å². The Labute approximate surface area is 93.9 Å². The first-order valence-electron chi connectivity index (χ1n) is 4.96. The molecule has 84 valence electrons. The summed E-state index contributed by atoms with van der Waals surface area (Å²) < 4.78 is 6.72.